The Hall–Kier alpha value is -3.59. The number of para-hydroxylation sites is 1. The molecule has 27 heavy (non-hydrogen) atoms. The molecule has 6 rings (SSSR count). The fourth-order valence-corrected chi connectivity index (χ4v) is 4.12. The Morgan fingerprint density at radius 2 is 1.67 bits per heavy atom. The lowest BCUT2D eigenvalue weighted by Crippen LogP contribution is -2.06. The van der Waals surface area contributed by atoms with Crippen LogP contribution in [0, 0.1) is 0 Å². The molecule has 0 saturated heterocycles. The van der Waals surface area contributed by atoms with Crippen molar-refractivity contribution in [3.05, 3.63) is 90.4 Å². The van der Waals surface area contributed by atoms with E-state index in [1.165, 1.54) is 27.3 Å². The smallest absolute Gasteiger partial charge is 0.0809 e. The van der Waals surface area contributed by atoms with Crippen LogP contribution in [0.25, 0.3) is 44.2 Å². The lowest BCUT2D eigenvalue weighted by Gasteiger charge is -2.21. The van der Waals surface area contributed by atoms with E-state index in [0.29, 0.717) is 0 Å². The summed E-state index contributed by atoms with van der Waals surface area (Å²) in [5.41, 5.74) is 7.64. The van der Waals surface area contributed by atoms with Gasteiger partial charge in [0.15, 0.2) is 0 Å². The predicted molar refractivity (Wildman–Crippen MR) is 109 cm³/mol. The van der Waals surface area contributed by atoms with Crippen molar-refractivity contribution in [1.29, 1.82) is 0 Å². The molecule has 5 aromatic rings. The molecule has 0 amide bonds. The van der Waals surface area contributed by atoms with E-state index in [1.54, 1.807) is 6.20 Å². The topological polar surface area (TPSA) is 38.7 Å². The van der Waals surface area contributed by atoms with E-state index in [-0.39, 0.29) is 0 Å². The highest BCUT2D eigenvalue weighted by Gasteiger charge is 2.23. The zero-order chi connectivity index (χ0) is 17.8. The Morgan fingerprint density at radius 1 is 0.778 bits per heavy atom. The van der Waals surface area contributed by atoms with E-state index in [1.807, 2.05) is 12.3 Å². The summed E-state index contributed by atoms with van der Waals surface area (Å²) in [6.45, 7) is 0. The standard InChI is InChI=1S/C24H15N3/c1-2-8-17-15(6-1)12-22-23-19(18-9-3-4-10-20(18)26-22)13-21(27-24(17)23)16-7-5-11-25-14-16/h1-11,13-14H,12H2. The SMILES string of the molecule is c1cncc(-c2cc3c4c(nc5ccccc53)Cc3ccccc3-c4n2)c1. The Balaban J connectivity index is 1.82. The summed E-state index contributed by atoms with van der Waals surface area (Å²) < 4.78 is 0. The van der Waals surface area contributed by atoms with Crippen LogP contribution in [0.4, 0.5) is 0 Å². The average molecular weight is 345 g/mol. The zero-order valence-corrected chi connectivity index (χ0v) is 14.6. The van der Waals surface area contributed by atoms with Crippen molar-refractivity contribution in [2.75, 3.05) is 0 Å². The van der Waals surface area contributed by atoms with Gasteiger partial charge in [0, 0.05) is 40.7 Å². The third-order valence-electron chi connectivity index (χ3n) is 5.35. The normalized spacial score (nSPS) is 12.3. The molecule has 0 N–H and O–H groups in total. The fraction of sp³-hybridized carbons (Fsp3) is 0.0417. The van der Waals surface area contributed by atoms with Gasteiger partial charge in [0.1, 0.15) is 0 Å². The highest BCUT2D eigenvalue weighted by atomic mass is 14.8. The highest BCUT2D eigenvalue weighted by Crippen LogP contribution is 2.41. The molecule has 0 aliphatic heterocycles. The summed E-state index contributed by atoms with van der Waals surface area (Å²) in [4.78, 5) is 14.3. The maximum absolute atomic E-state index is 5.07. The summed E-state index contributed by atoms with van der Waals surface area (Å²) in [5.74, 6) is 0. The van der Waals surface area contributed by atoms with E-state index in [0.717, 1.165) is 34.6 Å². The number of rotatable bonds is 1. The van der Waals surface area contributed by atoms with Gasteiger partial charge in [0.05, 0.1) is 22.6 Å². The molecule has 3 aromatic heterocycles. The first-order chi connectivity index (χ1) is 13.4. The van der Waals surface area contributed by atoms with E-state index in [2.05, 4.69) is 65.6 Å². The number of fused-ring (bicyclic) bond motifs is 4. The molecule has 126 valence electrons. The quantitative estimate of drug-likeness (QED) is 0.374. The highest BCUT2D eigenvalue weighted by molar-refractivity contribution is 6.13. The first kappa shape index (κ1) is 14.6. The molecule has 0 bridgehead atoms. The van der Waals surface area contributed by atoms with Crippen LogP contribution in [0.1, 0.15) is 11.3 Å². The van der Waals surface area contributed by atoms with Gasteiger partial charge in [-0.15, -0.1) is 0 Å². The van der Waals surface area contributed by atoms with Crippen LogP contribution < -0.4 is 0 Å². The van der Waals surface area contributed by atoms with E-state index in [9.17, 15) is 0 Å². The molecule has 0 saturated carbocycles. The lowest BCUT2D eigenvalue weighted by molar-refractivity contribution is 1.10. The van der Waals surface area contributed by atoms with Crippen LogP contribution in [0.15, 0.2) is 79.1 Å². The van der Waals surface area contributed by atoms with Crippen molar-refractivity contribution in [3.63, 3.8) is 0 Å². The van der Waals surface area contributed by atoms with Gasteiger partial charge in [-0.1, -0.05) is 42.5 Å². The third kappa shape index (κ3) is 2.12. The summed E-state index contributed by atoms with van der Waals surface area (Å²) in [6.07, 6.45) is 4.51. The van der Waals surface area contributed by atoms with Crippen molar-refractivity contribution in [3.8, 4) is 22.5 Å². The van der Waals surface area contributed by atoms with Gasteiger partial charge in [-0.05, 0) is 35.2 Å². The minimum Gasteiger partial charge on any atom is -0.264 e. The maximum atomic E-state index is 5.07. The van der Waals surface area contributed by atoms with Crippen molar-refractivity contribution in [2.24, 2.45) is 0 Å². The van der Waals surface area contributed by atoms with E-state index in [4.69, 9.17) is 9.97 Å². The molecule has 3 nitrogen and oxygen atoms in total. The van der Waals surface area contributed by atoms with Gasteiger partial charge >= 0.3 is 0 Å². The number of aromatic nitrogens is 3. The van der Waals surface area contributed by atoms with Gasteiger partial charge in [0.25, 0.3) is 0 Å². The second kappa shape index (κ2) is 5.45. The monoisotopic (exact) mass is 345 g/mol. The van der Waals surface area contributed by atoms with Gasteiger partial charge in [-0.2, -0.15) is 0 Å². The first-order valence-electron chi connectivity index (χ1n) is 9.09. The number of pyridine rings is 3. The van der Waals surface area contributed by atoms with Crippen molar-refractivity contribution >= 4 is 21.7 Å². The summed E-state index contributed by atoms with van der Waals surface area (Å²) in [7, 11) is 0. The Labute approximate surface area is 156 Å². The van der Waals surface area contributed by atoms with Crippen molar-refractivity contribution in [2.45, 2.75) is 6.42 Å². The summed E-state index contributed by atoms with van der Waals surface area (Å²) in [5, 5.41) is 3.57. The zero-order valence-electron chi connectivity index (χ0n) is 14.6. The number of hydrogen-bond donors (Lipinski definition) is 0. The molecule has 0 fully saturated rings. The van der Waals surface area contributed by atoms with E-state index < -0.39 is 0 Å². The van der Waals surface area contributed by atoms with Gasteiger partial charge in [-0.3, -0.25) is 9.97 Å². The summed E-state index contributed by atoms with van der Waals surface area (Å²) >= 11 is 0. The van der Waals surface area contributed by atoms with Crippen LogP contribution in [-0.2, 0) is 6.42 Å². The maximum Gasteiger partial charge on any atom is 0.0809 e. The Bertz CT molecular complexity index is 1340. The van der Waals surface area contributed by atoms with Gasteiger partial charge < -0.3 is 0 Å². The number of hydrogen-bond acceptors (Lipinski definition) is 3. The molecule has 0 spiro atoms. The average Bonchev–Trinajstić information content (AvgIpc) is 2.74. The third-order valence-corrected chi connectivity index (χ3v) is 5.35. The van der Waals surface area contributed by atoms with Crippen LogP contribution in [0.2, 0.25) is 0 Å². The molecular formula is C24H15N3. The molecule has 0 radical (unpaired) electrons. The molecule has 1 aliphatic rings. The largest absolute Gasteiger partial charge is 0.264 e. The van der Waals surface area contributed by atoms with Gasteiger partial charge in [-0.25, -0.2) is 4.98 Å². The second-order valence-corrected chi connectivity index (χ2v) is 6.93. The first-order valence-corrected chi connectivity index (χ1v) is 9.09. The van der Waals surface area contributed by atoms with Gasteiger partial charge in [0.2, 0.25) is 0 Å². The predicted octanol–water partition coefficient (Wildman–Crippen LogP) is 5.42. The molecule has 1 aliphatic carbocycles. The van der Waals surface area contributed by atoms with Crippen molar-refractivity contribution in [1.82, 2.24) is 15.0 Å². The number of benzene rings is 2. The molecule has 3 heterocycles. The Morgan fingerprint density at radius 3 is 2.59 bits per heavy atom. The summed E-state index contributed by atoms with van der Waals surface area (Å²) in [6, 6.07) is 23.1. The van der Waals surface area contributed by atoms with E-state index >= 15 is 0 Å². The minimum atomic E-state index is 0.846. The number of nitrogens with zero attached hydrogens (tertiary/aromatic N) is 3. The lowest BCUT2D eigenvalue weighted by atomic mass is 9.88. The van der Waals surface area contributed by atoms with Crippen LogP contribution in [-0.4, -0.2) is 15.0 Å². The molecule has 2 aromatic carbocycles. The van der Waals surface area contributed by atoms with Crippen LogP contribution >= 0.6 is 0 Å². The van der Waals surface area contributed by atoms with Crippen molar-refractivity contribution < 1.29 is 0 Å². The molecule has 3 heteroatoms. The Kier molecular flexibility index (Phi) is 2.94. The molecule has 0 atom stereocenters. The molecule has 0 unspecified atom stereocenters. The molecular weight excluding hydrogens is 330 g/mol. The second-order valence-electron chi connectivity index (χ2n) is 6.93. The van der Waals surface area contributed by atoms with Crippen LogP contribution in [0.5, 0.6) is 0 Å². The minimum absolute atomic E-state index is 0.846. The fourth-order valence-electron chi connectivity index (χ4n) is 4.12. The van der Waals surface area contributed by atoms with Crippen LogP contribution in [0.3, 0.4) is 0 Å².